The van der Waals surface area contributed by atoms with Gasteiger partial charge in [-0.05, 0) is 12.7 Å². The Hall–Kier alpha value is -0.640. The molecular weight excluding hydrogens is 170 g/mol. The van der Waals surface area contributed by atoms with E-state index in [-0.39, 0.29) is 0 Å². The Morgan fingerprint density at radius 2 is 2.33 bits per heavy atom. The molecule has 0 radical (unpaired) electrons. The van der Waals surface area contributed by atoms with Crippen molar-refractivity contribution >= 4 is 17.4 Å². The van der Waals surface area contributed by atoms with Gasteiger partial charge in [-0.25, -0.2) is 0 Å². The molecule has 0 aliphatic heterocycles. The van der Waals surface area contributed by atoms with Crippen molar-refractivity contribution in [2.45, 2.75) is 26.1 Å². The van der Waals surface area contributed by atoms with E-state index < -0.39 is 0 Å². The van der Waals surface area contributed by atoms with Crippen molar-refractivity contribution in [3.05, 3.63) is 11.9 Å². The lowest BCUT2D eigenvalue weighted by Crippen LogP contribution is -2.02. The number of nitrogen functional groups attached to an aromatic ring is 1. The first kappa shape index (κ1) is 9.45. The number of rotatable bonds is 4. The van der Waals surface area contributed by atoms with Gasteiger partial charge in [0.25, 0.3) is 0 Å². The van der Waals surface area contributed by atoms with Crippen LogP contribution in [0.2, 0.25) is 0 Å². The lowest BCUT2D eigenvalue weighted by Gasteiger charge is -2.03. The highest BCUT2D eigenvalue weighted by molar-refractivity contribution is 7.98. The van der Waals surface area contributed by atoms with Crippen molar-refractivity contribution < 1.29 is 0 Å². The second-order valence-corrected chi connectivity index (χ2v) is 3.77. The summed E-state index contributed by atoms with van der Waals surface area (Å²) in [5, 5.41) is 4.17. The lowest BCUT2D eigenvalue weighted by molar-refractivity contribution is 0.637. The highest BCUT2D eigenvalue weighted by atomic mass is 32.2. The summed E-state index contributed by atoms with van der Waals surface area (Å²) in [5.74, 6) is 2.09. The number of hydrogen-bond donors (Lipinski definition) is 1. The fraction of sp³-hybridized carbons (Fsp3) is 0.625. The van der Waals surface area contributed by atoms with Gasteiger partial charge in [0.05, 0.1) is 17.6 Å². The average Bonchev–Trinajstić information content (AvgIpc) is 2.43. The third-order valence-corrected chi connectivity index (χ3v) is 2.61. The predicted molar refractivity (Wildman–Crippen MR) is 54.1 cm³/mol. The smallest absolute Gasteiger partial charge is 0.0741 e. The maximum Gasteiger partial charge on any atom is 0.0741 e. The highest BCUT2D eigenvalue weighted by Gasteiger charge is 2.05. The summed E-state index contributed by atoms with van der Waals surface area (Å²) in [7, 11) is 0. The number of aromatic nitrogens is 2. The zero-order valence-corrected chi connectivity index (χ0v) is 8.40. The third kappa shape index (κ3) is 1.94. The van der Waals surface area contributed by atoms with E-state index in [0.717, 1.165) is 29.4 Å². The van der Waals surface area contributed by atoms with Gasteiger partial charge in [0.15, 0.2) is 0 Å². The molecule has 0 amide bonds. The van der Waals surface area contributed by atoms with E-state index in [1.165, 1.54) is 0 Å². The first-order chi connectivity index (χ1) is 5.79. The van der Waals surface area contributed by atoms with Crippen LogP contribution in [0.1, 0.15) is 19.5 Å². The maximum atomic E-state index is 5.76. The van der Waals surface area contributed by atoms with Gasteiger partial charge in [-0.2, -0.15) is 16.9 Å². The van der Waals surface area contributed by atoms with Gasteiger partial charge in [0.2, 0.25) is 0 Å². The molecule has 12 heavy (non-hydrogen) atoms. The topological polar surface area (TPSA) is 43.8 Å². The minimum atomic E-state index is 0.817. The lowest BCUT2D eigenvalue weighted by atomic mass is 10.4. The summed E-state index contributed by atoms with van der Waals surface area (Å²) in [6, 6.07) is 0. The predicted octanol–water partition coefficient (Wildman–Crippen LogP) is 1.74. The molecule has 0 bridgehead atoms. The molecule has 0 aliphatic carbocycles. The molecule has 0 saturated carbocycles. The van der Waals surface area contributed by atoms with Gasteiger partial charge in [-0.3, -0.25) is 4.68 Å². The van der Waals surface area contributed by atoms with Crippen molar-refractivity contribution in [1.29, 1.82) is 0 Å². The van der Waals surface area contributed by atoms with E-state index in [9.17, 15) is 0 Å². The molecule has 0 aromatic carbocycles. The highest BCUT2D eigenvalue weighted by Crippen LogP contribution is 2.17. The summed E-state index contributed by atoms with van der Waals surface area (Å²) in [6.07, 6.45) is 1.73. The maximum absolute atomic E-state index is 5.76. The minimum absolute atomic E-state index is 0.817. The van der Waals surface area contributed by atoms with Crippen molar-refractivity contribution in [3.63, 3.8) is 0 Å². The van der Waals surface area contributed by atoms with Crippen LogP contribution >= 0.6 is 11.8 Å². The second kappa shape index (κ2) is 4.40. The molecular formula is C8H15N3S. The molecule has 4 heteroatoms. The molecule has 2 N–H and O–H groups in total. The summed E-state index contributed by atoms with van der Waals surface area (Å²) >= 11 is 1.87. The molecule has 68 valence electrons. The van der Waals surface area contributed by atoms with E-state index in [1.807, 2.05) is 16.4 Å². The van der Waals surface area contributed by atoms with Crippen LogP contribution in [0.5, 0.6) is 0 Å². The first-order valence-corrected chi connectivity index (χ1v) is 5.33. The normalized spacial score (nSPS) is 10.5. The zero-order chi connectivity index (χ0) is 8.97. The Bertz CT molecular complexity index is 244. The first-order valence-electron chi connectivity index (χ1n) is 4.17. The summed E-state index contributed by atoms with van der Waals surface area (Å²) in [5.41, 5.74) is 7.74. The van der Waals surface area contributed by atoms with Crippen molar-refractivity contribution in [2.75, 3.05) is 11.5 Å². The summed E-state index contributed by atoms with van der Waals surface area (Å²) in [4.78, 5) is 0. The van der Waals surface area contributed by atoms with Crippen molar-refractivity contribution in [2.24, 2.45) is 0 Å². The Morgan fingerprint density at radius 3 is 2.92 bits per heavy atom. The Morgan fingerprint density at radius 1 is 1.58 bits per heavy atom. The fourth-order valence-electron chi connectivity index (χ4n) is 1.05. The van der Waals surface area contributed by atoms with Crippen molar-refractivity contribution in [1.82, 2.24) is 9.78 Å². The molecule has 0 unspecified atom stereocenters. The molecule has 1 aromatic heterocycles. The SMILES string of the molecule is CCSCc1c(N)cnn1CC. The zero-order valence-electron chi connectivity index (χ0n) is 7.58. The fourth-order valence-corrected chi connectivity index (χ4v) is 1.77. The van der Waals surface area contributed by atoms with E-state index in [1.54, 1.807) is 6.20 Å². The summed E-state index contributed by atoms with van der Waals surface area (Å²) < 4.78 is 1.96. The Labute approximate surface area is 77.3 Å². The van der Waals surface area contributed by atoms with Crippen LogP contribution in [0.25, 0.3) is 0 Å². The number of nitrogens with two attached hydrogens (primary N) is 1. The van der Waals surface area contributed by atoms with Gasteiger partial charge in [-0.15, -0.1) is 0 Å². The van der Waals surface area contributed by atoms with Gasteiger partial charge in [0.1, 0.15) is 0 Å². The van der Waals surface area contributed by atoms with Gasteiger partial charge >= 0.3 is 0 Å². The number of nitrogens with zero attached hydrogens (tertiary/aromatic N) is 2. The molecule has 0 aliphatic rings. The Kier molecular flexibility index (Phi) is 3.47. The number of hydrogen-bond acceptors (Lipinski definition) is 3. The molecule has 1 rings (SSSR count). The van der Waals surface area contributed by atoms with Crippen LogP contribution < -0.4 is 5.73 Å². The number of thioether (sulfide) groups is 1. The molecule has 0 fully saturated rings. The standard InChI is InChI=1S/C8H15N3S/c1-3-11-8(6-12-4-2)7(9)5-10-11/h5H,3-4,6,9H2,1-2H3. The number of anilines is 1. The van der Waals surface area contributed by atoms with Gasteiger partial charge in [-0.1, -0.05) is 6.92 Å². The van der Waals surface area contributed by atoms with Crippen LogP contribution in [0.4, 0.5) is 5.69 Å². The van der Waals surface area contributed by atoms with Crippen LogP contribution in [-0.2, 0) is 12.3 Å². The van der Waals surface area contributed by atoms with Crippen LogP contribution in [0, 0.1) is 0 Å². The molecule has 1 heterocycles. The van der Waals surface area contributed by atoms with E-state index in [0.29, 0.717) is 0 Å². The quantitative estimate of drug-likeness (QED) is 0.777. The molecule has 1 aromatic rings. The van der Waals surface area contributed by atoms with E-state index >= 15 is 0 Å². The molecule has 0 spiro atoms. The van der Waals surface area contributed by atoms with E-state index in [4.69, 9.17) is 5.73 Å². The van der Waals surface area contributed by atoms with Gasteiger partial charge in [0, 0.05) is 12.3 Å². The largest absolute Gasteiger partial charge is 0.396 e. The molecule has 0 saturated heterocycles. The number of aryl methyl sites for hydroxylation is 1. The minimum Gasteiger partial charge on any atom is -0.396 e. The molecule has 0 atom stereocenters. The van der Waals surface area contributed by atoms with Crippen molar-refractivity contribution in [3.8, 4) is 0 Å². The van der Waals surface area contributed by atoms with Crippen LogP contribution in [-0.4, -0.2) is 15.5 Å². The Balaban J connectivity index is 2.72. The monoisotopic (exact) mass is 185 g/mol. The van der Waals surface area contributed by atoms with Crippen LogP contribution in [0.3, 0.4) is 0 Å². The van der Waals surface area contributed by atoms with E-state index in [2.05, 4.69) is 18.9 Å². The second-order valence-electron chi connectivity index (χ2n) is 2.50. The average molecular weight is 185 g/mol. The molecule has 3 nitrogen and oxygen atoms in total. The summed E-state index contributed by atoms with van der Waals surface area (Å²) in [6.45, 7) is 5.12. The third-order valence-electron chi connectivity index (χ3n) is 1.72. The van der Waals surface area contributed by atoms with Crippen LogP contribution in [0.15, 0.2) is 6.20 Å². The van der Waals surface area contributed by atoms with Gasteiger partial charge < -0.3 is 5.73 Å².